The summed E-state index contributed by atoms with van der Waals surface area (Å²) in [6.45, 7) is 4.36. The number of hydrogen-bond donors (Lipinski definition) is 3. The predicted octanol–water partition coefficient (Wildman–Crippen LogP) is 2.25. The zero-order valence-electron chi connectivity index (χ0n) is 11.1. The van der Waals surface area contributed by atoms with Gasteiger partial charge in [0.25, 0.3) is 0 Å². The van der Waals surface area contributed by atoms with Gasteiger partial charge in [-0.3, -0.25) is 5.41 Å². The molecule has 1 atom stereocenters. The van der Waals surface area contributed by atoms with Crippen molar-refractivity contribution in [2.24, 2.45) is 11.7 Å². The van der Waals surface area contributed by atoms with Gasteiger partial charge in [-0.05, 0) is 19.1 Å². The Labute approximate surface area is 112 Å². The van der Waals surface area contributed by atoms with Gasteiger partial charge < -0.3 is 16.0 Å². The van der Waals surface area contributed by atoms with E-state index in [0.717, 1.165) is 0 Å². The third kappa shape index (κ3) is 4.24. The fourth-order valence-corrected chi connectivity index (χ4v) is 1.54. The van der Waals surface area contributed by atoms with Crippen molar-refractivity contribution >= 4 is 17.6 Å². The molecule has 6 heteroatoms. The number of nitrogens with two attached hydrogens (primary N) is 1. The number of hydrogen-bond acceptors (Lipinski definition) is 2. The van der Waals surface area contributed by atoms with Crippen LogP contribution in [0.5, 0.6) is 0 Å². The molecule has 0 saturated carbocycles. The highest BCUT2D eigenvalue weighted by atomic mass is 19.1. The third-order valence-corrected chi connectivity index (χ3v) is 2.81. The van der Waals surface area contributed by atoms with E-state index in [1.54, 1.807) is 19.1 Å². The van der Waals surface area contributed by atoms with Crippen molar-refractivity contribution in [3.8, 4) is 0 Å². The van der Waals surface area contributed by atoms with Crippen LogP contribution in [-0.2, 0) is 0 Å². The maximum Gasteiger partial charge on any atom is 0.321 e. The number of amides is 2. The lowest BCUT2D eigenvalue weighted by Crippen LogP contribution is -2.40. The average Bonchev–Trinajstić information content (AvgIpc) is 2.38. The van der Waals surface area contributed by atoms with E-state index in [-0.39, 0.29) is 17.4 Å². The fourth-order valence-electron chi connectivity index (χ4n) is 1.54. The van der Waals surface area contributed by atoms with Gasteiger partial charge in [-0.1, -0.05) is 19.1 Å². The van der Waals surface area contributed by atoms with Gasteiger partial charge in [0.1, 0.15) is 5.82 Å². The highest BCUT2D eigenvalue weighted by Crippen LogP contribution is 2.13. The second-order valence-electron chi connectivity index (χ2n) is 4.31. The Kier molecular flexibility index (Phi) is 5.29. The number of para-hydroxylation sites is 1. The Morgan fingerprint density at radius 1 is 1.53 bits per heavy atom. The molecule has 0 bridgehead atoms. The van der Waals surface area contributed by atoms with Crippen molar-refractivity contribution in [3.63, 3.8) is 0 Å². The SMILES string of the molecule is CCN(CC(C)C(=N)N)C(=O)Nc1ccccc1F. The number of halogens is 1. The van der Waals surface area contributed by atoms with E-state index < -0.39 is 11.8 Å². The molecule has 104 valence electrons. The average molecular weight is 266 g/mol. The van der Waals surface area contributed by atoms with Crippen LogP contribution < -0.4 is 11.1 Å². The summed E-state index contributed by atoms with van der Waals surface area (Å²) in [5.74, 6) is -0.685. The number of amidine groups is 1. The summed E-state index contributed by atoms with van der Waals surface area (Å²) in [5.41, 5.74) is 5.52. The molecule has 0 aliphatic rings. The molecule has 1 unspecified atom stereocenters. The Hall–Kier alpha value is -2.11. The molecule has 1 aromatic rings. The second-order valence-corrected chi connectivity index (χ2v) is 4.31. The van der Waals surface area contributed by atoms with Crippen molar-refractivity contribution in [3.05, 3.63) is 30.1 Å². The Bertz CT molecular complexity index is 464. The van der Waals surface area contributed by atoms with E-state index in [4.69, 9.17) is 11.1 Å². The number of urea groups is 1. The summed E-state index contributed by atoms with van der Waals surface area (Å²) in [6.07, 6.45) is 0. The van der Waals surface area contributed by atoms with Crippen LogP contribution in [0.25, 0.3) is 0 Å². The van der Waals surface area contributed by atoms with Crippen LogP contribution in [0.2, 0.25) is 0 Å². The van der Waals surface area contributed by atoms with Crippen molar-refractivity contribution in [2.75, 3.05) is 18.4 Å². The first kappa shape index (κ1) is 14.9. The highest BCUT2D eigenvalue weighted by Gasteiger charge is 2.17. The van der Waals surface area contributed by atoms with Crippen molar-refractivity contribution in [1.29, 1.82) is 5.41 Å². The van der Waals surface area contributed by atoms with E-state index in [1.165, 1.54) is 17.0 Å². The van der Waals surface area contributed by atoms with Crippen LogP contribution in [0.4, 0.5) is 14.9 Å². The largest absolute Gasteiger partial charge is 0.387 e. The summed E-state index contributed by atoms with van der Waals surface area (Å²) in [4.78, 5) is 13.5. The normalized spacial score (nSPS) is 11.7. The standard InChI is InChI=1S/C13H19FN4O/c1-3-18(8-9(2)12(15)16)13(19)17-11-7-5-4-6-10(11)14/h4-7,9H,3,8H2,1-2H3,(H3,15,16)(H,17,19). The Morgan fingerprint density at radius 3 is 2.68 bits per heavy atom. The molecule has 0 heterocycles. The Morgan fingerprint density at radius 2 is 2.16 bits per heavy atom. The molecule has 0 saturated heterocycles. The number of rotatable bonds is 5. The molecule has 0 aromatic heterocycles. The Balaban J connectivity index is 2.69. The molecule has 0 spiro atoms. The zero-order valence-corrected chi connectivity index (χ0v) is 11.1. The van der Waals surface area contributed by atoms with E-state index in [2.05, 4.69) is 5.32 Å². The maximum atomic E-state index is 13.4. The highest BCUT2D eigenvalue weighted by molar-refractivity contribution is 5.90. The van der Waals surface area contributed by atoms with Gasteiger partial charge in [-0.2, -0.15) is 0 Å². The minimum absolute atomic E-state index is 0.0251. The van der Waals surface area contributed by atoms with Crippen molar-refractivity contribution in [2.45, 2.75) is 13.8 Å². The van der Waals surface area contributed by atoms with Gasteiger partial charge in [0.2, 0.25) is 0 Å². The molecule has 5 nitrogen and oxygen atoms in total. The monoisotopic (exact) mass is 266 g/mol. The molecule has 0 aliphatic heterocycles. The molecule has 0 radical (unpaired) electrons. The first-order valence-electron chi connectivity index (χ1n) is 6.10. The van der Waals surface area contributed by atoms with Crippen LogP contribution in [0.3, 0.4) is 0 Å². The molecule has 1 rings (SSSR count). The fraction of sp³-hybridized carbons (Fsp3) is 0.385. The number of nitrogens with zero attached hydrogens (tertiary/aromatic N) is 1. The zero-order chi connectivity index (χ0) is 14.4. The topological polar surface area (TPSA) is 82.2 Å². The van der Waals surface area contributed by atoms with E-state index >= 15 is 0 Å². The number of anilines is 1. The maximum absolute atomic E-state index is 13.4. The molecule has 0 aliphatic carbocycles. The van der Waals surface area contributed by atoms with Crippen molar-refractivity contribution < 1.29 is 9.18 Å². The second kappa shape index (κ2) is 6.72. The molecule has 4 N–H and O–H groups in total. The van der Waals surface area contributed by atoms with Gasteiger partial charge in [-0.15, -0.1) is 0 Å². The summed E-state index contributed by atoms with van der Waals surface area (Å²) in [6, 6.07) is 5.58. The number of carbonyl (C=O) groups excluding carboxylic acids is 1. The quantitative estimate of drug-likeness (QED) is 0.564. The molecule has 0 fully saturated rings. The number of nitrogens with one attached hydrogen (secondary N) is 2. The lowest BCUT2D eigenvalue weighted by Gasteiger charge is -2.24. The van der Waals surface area contributed by atoms with Gasteiger partial charge in [-0.25, -0.2) is 9.18 Å². The first-order chi connectivity index (χ1) is 8.95. The molecule has 1 aromatic carbocycles. The minimum Gasteiger partial charge on any atom is -0.387 e. The summed E-state index contributed by atoms with van der Waals surface area (Å²) >= 11 is 0. The van der Waals surface area contributed by atoms with Crippen LogP contribution in [-0.4, -0.2) is 29.9 Å². The summed E-state index contributed by atoms with van der Waals surface area (Å²) in [5, 5.41) is 9.83. The molecular weight excluding hydrogens is 247 g/mol. The predicted molar refractivity (Wildman–Crippen MR) is 73.7 cm³/mol. The van der Waals surface area contributed by atoms with Gasteiger partial charge in [0.05, 0.1) is 11.5 Å². The lowest BCUT2D eigenvalue weighted by molar-refractivity contribution is 0.211. The summed E-state index contributed by atoms with van der Waals surface area (Å²) < 4.78 is 13.4. The van der Waals surface area contributed by atoms with E-state index in [1.807, 2.05) is 6.92 Å². The van der Waals surface area contributed by atoms with Gasteiger partial charge in [0, 0.05) is 19.0 Å². The van der Waals surface area contributed by atoms with E-state index in [0.29, 0.717) is 13.1 Å². The minimum atomic E-state index is -0.480. The molecule has 19 heavy (non-hydrogen) atoms. The number of benzene rings is 1. The van der Waals surface area contributed by atoms with Gasteiger partial charge >= 0.3 is 6.03 Å². The molecular formula is C13H19FN4O. The van der Waals surface area contributed by atoms with Crippen LogP contribution in [0, 0.1) is 17.1 Å². The van der Waals surface area contributed by atoms with Crippen LogP contribution in [0.1, 0.15) is 13.8 Å². The third-order valence-electron chi connectivity index (χ3n) is 2.81. The van der Waals surface area contributed by atoms with Crippen molar-refractivity contribution in [1.82, 2.24) is 4.90 Å². The van der Waals surface area contributed by atoms with E-state index in [9.17, 15) is 9.18 Å². The van der Waals surface area contributed by atoms with Crippen LogP contribution >= 0.6 is 0 Å². The lowest BCUT2D eigenvalue weighted by atomic mass is 10.1. The number of carbonyl (C=O) groups is 1. The van der Waals surface area contributed by atoms with Crippen LogP contribution in [0.15, 0.2) is 24.3 Å². The van der Waals surface area contributed by atoms with Gasteiger partial charge in [0.15, 0.2) is 0 Å². The first-order valence-corrected chi connectivity index (χ1v) is 6.10. The smallest absolute Gasteiger partial charge is 0.321 e. The summed E-state index contributed by atoms with van der Waals surface area (Å²) in [7, 11) is 0. The molecule has 2 amide bonds.